The highest BCUT2D eigenvalue weighted by atomic mass is 35.5. The number of aryl methyl sites for hydroxylation is 1. The number of hydrogen-bond donors (Lipinski definition) is 1. The van der Waals surface area contributed by atoms with Gasteiger partial charge in [0.05, 0.1) is 17.7 Å². The predicted octanol–water partition coefficient (Wildman–Crippen LogP) is 5.57. The average molecular weight is 562 g/mol. The molecule has 1 N–H and O–H groups in total. The third-order valence-electron chi connectivity index (χ3n) is 5.79. The molecule has 9 heteroatoms. The average Bonchev–Trinajstić information content (AvgIpc) is 2.94. The number of hydrogen-bond acceptors (Lipinski definition) is 5. The van der Waals surface area contributed by atoms with E-state index in [0.717, 1.165) is 15.4 Å². The Labute approximate surface area is 233 Å². The van der Waals surface area contributed by atoms with Crippen molar-refractivity contribution in [1.82, 2.24) is 9.73 Å². The van der Waals surface area contributed by atoms with Crippen molar-refractivity contribution in [2.45, 2.75) is 25.0 Å². The minimum absolute atomic E-state index is 0.0756. The minimum atomic E-state index is -3.99. The van der Waals surface area contributed by atoms with Crippen LogP contribution in [0.1, 0.15) is 22.3 Å². The summed E-state index contributed by atoms with van der Waals surface area (Å²) >= 11 is 6.29. The Kier molecular flexibility index (Phi) is 9.49. The first-order valence-corrected chi connectivity index (χ1v) is 14.0. The van der Waals surface area contributed by atoms with Crippen molar-refractivity contribution < 1.29 is 17.9 Å². The van der Waals surface area contributed by atoms with E-state index in [0.29, 0.717) is 28.5 Å². The molecule has 0 aliphatic carbocycles. The Morgan fingerprint density at radius 3 is 2.41 bits per heavy atom. The van der Waals surface area contributed by atoms with Crippen LogP contribution in [0.4, 0.5) is 0 Å². The number of hydrazone groups is 1. The summed E-state index contributed by atoms with van der Waals surface area (Å²) in [5, 5.41) is 4.43. The fourth-order valence-corrected chi connectivity index (χ4v) is 5.27. The lowest BCUT2D eigenvalue weighted by atomic mass is 10.2. The van der Waals surface area contributed by atoms with E-state index in [1.165, 1.54) is 18.3 Å². The van der Waals surface area contributed by atoms with Crippen LogP contribution >= 0.6 is 11.6 Å². The molecule has 0 heterocycles. The monoisotopic (exact) mass is 561 g/mol. The molecule has 200 valence electrons. The first kappa shape index (κ1) is 28.0. The quantitative estimate of drug-likeness (QED) is 0.192. The molecule has 0 spiro atoms. The summed E-state index contributed by atoms with van der Waals surface area (Å²) in [7, 11) is -3.99. The van der Waals surface area contributed by atoms with E-state index in [9.17, 15) is 13.2 Å². The molecule has 4 rings (SSSR count). The van der Waals surface area contributed by atoms with Crippen molar-refractivity contribution >= 4 is 33.7 Å². The highest BCUT2D eigenvalue weighted by Crippen LogP contribution is 2.23. The van der Waals surface area contributed by atoms with Gasteiger partial charge in [-0.1, -0.05) is 90.0 Å². The SMILES string of the molecule is Cc1ccc(S(=O)(=O)N(CC(=O)N/N=C\c2cccc(OCc3ccccc3)c2)Cc2ccccc2Cl)cc1. The molecular weight excluding hydrogens is 534 g/mol. The fraction of sp³-hybridized carbons (Fsp3) is 0.133. The van der Waals surface area contributed by atoms with Gasteiger partial charge in [-0.3, -0.25) is 4.79 Å². The molecule has 4 aromatic rings. The van der Waals surface area contributed by atoms with E-state index < -0.39 is 22.5 Å². The molecule has 0 radical (unpaired) electrons. The van der Waals surface area contributed by atoms with E-state index in [1.54, 1.807) is 42.5 Å². The number of halogens is 1. The smallest absolute Gasteiger partial charge is 0.255 e. The molecule has 7 nitrogen and oxygen atoms in total. The number of carbonyl (C=O) groups excluding carboxylic acids is 1. The number of carbonyl (C=O) groups is 1. The van der Waals surface area contributed by atoms with E-state index in [1.807, 2.05) is 55.5 Å². The minimum Gasteiger partial charge on any atom is -0.489 e. The van der Waals surface area contributed by atoms with Crippen LogP contribution in [0.25, 0.3) is 0 Å². The first-order chi connectivity index (χ1) is 18.8. The molecule has 0 fully saturated rings. The van der Waals surface area contributed by atoms with Gasteiger partial charge in [0.15, 0.2) is 0 Å². The van der Waals surface area contributed by atoms with Gasteiger partial charge in [-0.2, -0.15) is 9.41 Å². The van der Waals surface area contributed by atoms with Crippen LogP contribution in [0, 0.1) is 6.92 Å². The molecule has 0 aliphatic rings. The maximum absolute atomic E-state index is 13.4. The fourth-order valence-electron chi connectivity index (χ4n) is 3.70. The van der Waals surface area contributed by atoms with Crippen molar-refractivity contribution in [3.8, 4) is 5.75 Å². The molecule has 1 amide bonds. The Morgan fingerprint density at radius 2 is 1.67 bits per heavy atom. The van der Waals surface area contributed by atoms with Crippen LogP contribution in [0.2, 0.25) is 5.02 Å². The van der Waals surface area contributed by atoms with Crippen LogP contribution in [0.5, 0.6) is 5.75 Å². The second-order valence-corrected chi connectivity index (χ2v) is 11.2. The van der Waals surface area contributed by atoms with E-state index in [-0.39, 0.29) is 11.4 Å². The maximum Gasteiger partial charge on any atom is 0.255 e. The molecule has 4 aromatic carbocycles. The topological polar surface area (TPSA) is 88.1 Å². The first-order valence-electron chi connectivity index (χ1n) is 12.2. The highest BCUT2D eigenvalue weighted by Gasteiger charge is 2.27. The van der Waals surface area contributed by atoms with Crippen molar-refractivity contribution in [2.75, 3.05) is 6.54 Å². The lowest BCUT2D eigenvalue weighted by Gasteiger charge is -2.22. The number of nitrogens with zero attached hydrogens (tertiary/aromatic N) is 2. The zero-order valence-electron chi connectivity index (χ0n) is 21.3. The van der Waals surface area contributed by atoms with Gasteiger partial charge in [-0.15, -0.1) is 0 Å². The Balaban J connectivity index is 1.43. The number of ether oxygens (including phenoxy) is 1. The van der Waals surface area contributed by atoms with Gasteiger partial charge in [-0.05, 0) is 53.9 Å². The van der Waals surface area contributed by atoms with Gasteiger partial charge in [-0.25, -0.2) is 13.8 Å². The second kappa shape index (κ2) is 13.2. The lowest BCUT2D eigenvalue weighted by molar-refractivity contribution is -0.121. The van der Waals surface area contributed by atoms with E-state index >= 15 is 0 Å². The standard InChI is InChI=1S/C30H28ClN3O4S/c1-23-14-16-28(17-15-23)39(36,37)34(20-26-11-5-6-13-29(26)31)21-30(35)33-32-19-25-10-7-12-27(18-25)38-22-24-8-3-2-4-9-24/h2-19H,20-22H2,1H3,(H,33,35)/b32-19-. The molecule has 0 saturated carbocycles. The van der Waals surface area contributed by atoms with Gasteiger partial charge < -0.3 is 4.74 Å². The van der Waals surface area contributed by atoms with Gasteiger partial charge in [0.2, 0.25) is 10.0 Å². The van der Waals surface area contributed by atoms with Crippen molar-refractivity contribution in [2.24, 2.45) is 5.10 Å². The van der Waals surface area contributed by atoms with Gasteiger partial charge >= 0.3 is 0 Å². The summed E-state index contributed by atoms with van der Waals surface area (Å²) in [5.74, 6) is 0.0645. The number of rotatable bonds is 11. The third kappa shape index (κ3) is 8.00. The van der Waals surface area contributed by atoms with Crippen molar-refractivity contribution in [3.63, 3.8) is 0 Å². The molecule has 0 unspecified atom stereocenters. The van der Waals surface area contributed by atoms with Crippen LogP contribution in [0.3, 0.4) is 0 Å². The van der Waals surface area contributed by atoms with Crippen LogP contribution in [-0.2, 0) is 28.0 Å². The predicted molar refractivity (Wildman–Crippen MR) is 153 cm³/mol. The largest absolute Gasteiger partial charge is 0.489 e. The summed E-state index contributed by atoms with van der Waals surface area (Å²) in [5.41, 5.74) is 5.69. The number of nitrogens with one attached hydrogen (secondary N) is 1. The zero-order chi connectivity index (χ0) is 27.7. The normalized spacial score (nSPS) is 11.6. The molecular formula is C30H28ClN3O4S. The van der Waals surface area contributed by atoms with E-state index in [4.69, 9.17) is 16.3 Å². The number of sulfonamides is 1. The van der Waals surface area contributed by atoms with Gasteiger partial charge in [0.25, 0.3) is 5.91 Å². The second-order valence-electron chi connectivity index (χ2n) is 8.82. The summed E-state index contributed by atoms with van der Waals surface area (Å²) in [6.45, 7) is 1.77. The molecule has 39 heavy (non-hydrogen) atoms. The van der Waals surface area contributed by atoms with Crippen LogP contribution < -0.4 is 10.2 Å². The molecule has 0 bridgehead atoms. The summed E-state index contributed by atoms with van der Waals surface area (Å²) < 4.78 is 33.8. The van der Waals surface area contributed by atoms with Crippen molar-refractivity contribution in [3.05, 3.63) is 130 Å². The van der Waals surface area contributed by atoms with E-state index in [2.05, 4.69) is 10.5 Å². The lowest BCUT2D eigenvalue weighted by Crippen LogP contribution is -2.39. The Hall–Kier alpha value is -3.98. The Bertz CT molecular complexity index is 1540. The third-order valence-corrected chi connectivity index (χ3v) is 7.97. The summed E-state index contributed by atoms with van der Waals surface area (Å²) in [6.07, 6.45) is 1.47. The number of benzene rings is 4. The van der Waals surface area contributed by atoms with Crippen LogP contribution in [-0.4, -0.2) is 31.4 Å². The molecule has 0 atom stereocenters. The van der Waals surface area contributed by atoms with Gasteiger partial charge in [0, 0.05) is 11.6 Å². The molecule has 0 aromatic heterocycles. The summed E-state index contributed by atoms with van der Waals surface area (Å²) in [4.78, 5) is 12.9. The van der Waals surface area contributed by atoms with Crippen LogP contribution in [0.15, 0.2) is 113 Å². The zero-order valence-corrected chi connectivity index (χ0v) is 22.9. The molecule has 0 saturated heterocycles. The maximum atomic E-state index is 13.4. The highest BCUT2D eigenvalue weighted by molar-refractivity contribution is 7.89. The molecule has 0 aliphatic heterocycles. The van der Waals surface area contributed by atoms with Gasteiger partial charge in [0.1, 0.15) is 12.4 Å². The summed E-state index contributed by atoms with van der Waals surface area (Å²) in [6, 6.07) is 30.5. The number of amides is 1. The Morgan fingerprint density at radius 1 is 0.949 bits per heavy atom. The van der Waals surface area contributed by atoms with Crippen molar-refractivity contribution in [1.29, 1.82) is 0 Å².